The van der Waals surface area contributed by atoms with E-state index in [0.29, 0.717) is 5.91 Å². The topological polar surface area (TPSA) is 64.2 Å². The molecule has 5 nitrogen and oxygen atoms in total. The van der Waals surface area contributed by atoms with Gasteiger partial charge >= 0.3 is 0 Å². The van der Waals surface area contributed by atoms with Crippen molar-refractivity contribution in [2.75, 3.05) is 6.54 Å². The van der Waals surface area contributed by atoms with Crippen LogP contribution in [-0.4, -0.2) is 33.2 Å². The summed E-state index contributed by atoms with van der Waals surface area (Å²) in [5.74, 6) is 0.447. The number of carbonyl (C=O) groups is 1. The van der Waals surface area contributed by atoms with Crippen LogP contribution in [0, 0.1) is 5.92 Å². The molecule has 1 saturated carbocycles. The first-order chi connectivity index (χ1) is 9.65. The quantitative estimate of drug-likeness (QED) is 0.892. The molecule has 110 valence electrons. The van der Waals surface area contributed by atoms with Gasteiger partial charge < -0.3 is 10.6 Å². The van der Waals surface area contributed by atoms with Crippen LogP contribution in [0.25, 0.3) is 0 Å². The maximum Gasteiger partial charge on any atom is 0.226 e. The van der Waals surface area contributed by atoms with E-state index in [9.17, 15) is 4.79 Å². The molecule has 1 aliphatic heterocycles. The minimum Gasteiger partial charge on any atom is -0.335 e. The minimum atomic E-state index is 0.135. The van der Waals surface area contributed by atoms with Crippen molar-refractivity contribution in [3.05, 3.63) is 18.0 Å². The number of nitrogens with two attached hydrogens (primary N) is 1. The minimum absolute atomic E-state index is 0.135. The van der Waals surface area contributed by atoms with E-state index in [1.165, 1.54) is 5.56 Å². The Kier molecular flexibility index (Phi) is 3.78. The zero-order valence-electron chi connectivity index (χ0n) is 12.2. The summed E-state index contributed by atoms with van der Waals surface area (Å²) < 4.78 is 1.81. The lowest BCUT2D eigenvalue weighted by atomic mass is 9.85. The molecule has 0 spiro atoms. The van der Waals surface area contributed by atoms with Crippen molar-refractivity contribution in [3.8, 4) is 0 Å². The van der Waals surface area contributed by atoms with Crippen molar-refractivity contribution >= 4 is 5.91 Å². The van der Waals surface area contributed by atoms with E-state index in [-0.39, 0.29) is 18.0 Å². The number of rotatable bonds is 2. The second kappa shape index (κ2) is 5.56. The number of aryl methyl sites for hydroxylation is 1. The van der Waals surface area contributed by atoms with Gasteiger partial charge in [-0.05, 0) is 32.1 Å². The van der Waals surface area contributed by atoms with E-state index in [1.54, 1.807) is 0 Å². The van der Waals surface area contributed by atoms with E-state index in [4.69, 9.17) is 5.73 Å². The van der Waals surface area contributed by atoms with Crippen LogP contribution in [0.4, 0.5) is 0 Å². The Labute approximate surface area is 120 Å². The molecule has 3 atom stereocenters. The Hall–Kier alpha value is -1.36. The zero-order chi connectivity index (χ0) is 14.1. The summed E-state index contributed by atoms with van der Waals surface area (Å²) >= 11 is 0. The molecule has 2 aliphatic rings. The first kappa shape index (κ1) is 13.6. The van der Waals surface area contributed by atoms with Crippen LogP contribution in [0.5, 0.6) is 0 Å². The maximum atomic E-state index is 12.8. The summed E-state index contributed by atoms with van der Waals surface area (Å²) in [5, 5.41) is 4.24. The van der Waals surface area contributed by atoms with E-state index >= 15 is 0 Å². The highest BCUT2D eigenvalue weighted by atomic mass is 16.2. The second-order valence-corrected chi connectivity index (χ2v) is 6.26. The molecule has 2 heterocycles. The summed E-state index contributed by atoms with van der Waals surface area (Å²) in [5.41, 5.74) is 7.19. The Bertz CT molecular complexity index is 484. The normalized spacial score (nSPS) is 30.7. The van der Waals surface area contributed by atoms with Crippen LogP contribution in [0.15, 0.2) is 12.4 Å². The Morgan fingerprint density at radius 3 is 2.90 bits per heavy atom. The monoisotopic (exact) mass is 276 g/mol. The fraction of sp³-hybridized carbons (Fsp3) is 0.733. The molecule has 1 aromatic heterocycles. The molecule has 20 heavy (non-hydrogen) atoms. The number of hydrogen-bond acceptors (Lipinski definition) is 3. The smallest absolute Gasteiger partial charge is 0.226 e. The highest BCUT2D eigenvalue weighted by Gasteiger charge is 2.35. The predicted molar refractivity (Wildman–Crippen MR) is 76.8 cm³/mol. The van der Waals surface area contributed by atoms with Gasteiger partial charge in [0.05, 0.1) is 12.2 Å². The largest absolute Gasteiger partial charge is 0.335 e. The van der Waals surface area contributed by atoms with Crippen molar-refractivity contribution in [2.45, 2.75) is 50.6 Å². The molecule has 3 unspecified atom stereocenters. The number of nitrogens with zero attached hydrogens (tertiary/aromatic N) is 3. The lowest BCUT2D eigenvalue weighted by molar-refractivity contribution is -0.137. The Morgan fingerprint density at radius 1 is 1.35 bits per heavy atom. The van der Waals surface area contributed by atoms with Crippen LogP contribution in [-0.2, 0) is 11.8 Å². The van der Waals surface area contributed by atoms with Crippen LogP contribution < -0.4 is 5.73 Å². The molecule has 0 radical (unpaired) electrons. The molecule has 1 amide bonds. The van der Waals surface area contributed by atoms with Gasteiger partial charge in [-0.25, -0.2) is 0 Å². The molecule has 5 heteroatoms. The van der Waals surface area contributed by atoms with Crippen molar-refractivity contribution in [3.63, 3.8) is 0 Å². The van der Waals surface area contributed by atoms with Gasteiger partial charge in [-0.2, -0.15) is 5.10 Å². The summed E-state index contributed by atoms with van der Waals surface area (Å²) in [4.78, 5) is 14.8. The lowest BCUT2D eigenvalue weighted by Crippen LogP contribution is -2.40. The molecular formula is C15H24N4O. The first-order valence-corrected chi connectivity index (χ1v) is 7.70. The highest BCUT2D eigenvalue weighted by Crippen LogP contribution is 2.35. The van der Waals surface area contributed by atoms with Gasteiger partial charge in [-0.1, -0.05) is 6.42 Å². The number of aromatic nitrogens is 2. The fourth-order valence-electron chi connectivity index (χ4n) is 3.68. The second-order valence-electron chi connectivity index (χ2n) is 6.26. The van der Waals surface area contributed by atoms with Crippen LogP contribution in [0.2, 0.25) is 0 Å². The summed E-state index contributed by atoms with van der Waals surface area (Å²) in [7, 11) is 1.92. The number of carbonyl (C=O) groups excluding carboxylic acids is 1. The SMILES string of the molecule is Cn1cc(C2CCCN2C(=O)C2CCCC(N)C2)cn1. The maximum absolute atomic E-state index is 12.8. The number of amides is 1. The van der Waals surface area contributed by atoms with E-state index < -0.39 is 0 Å². The van der Waals surface area contributed by atoms with Crippen LogP contribution in [0.1, 0.15) is 50.1 Å². The van der Waals surface area contributed by atoms with E-state index in [1.807, 2.05) is 24.1 Å². The van der Waals surface area contributed by atoms with Gasteiger partial charge in [-0.3, -0.25) is 9.48 Å². The highest BCUT2D eigenvalue weighted by molar-refractivity contribution is 5.79. The zero-order valence-corrected chi connectivity index (χ0v) is 12.2. The van der Waals surface area contributed by atoms with Crippen molar-refractivity contribution in [1.82, 2.24) is 14.7 Å². The average molecular weight is 276 g/mol. The van der Waals surface area contributed by atoms with Gasteiger partial charge in [0.15, 0.2) is 0 Å². The van der Waals surface area contributed by atoms with Gasteiger partial charge in [0.2, 0.25) is 5.91 Å². The van der Waals surface area contributed by atoms with Gasteiger partial charge in [-0.15, -0.1) is 0 Å². The molecule has 3 rings (SSSR count). The molecule has 1 aliphatic carbocycles. The molecule has 2 N–H and O–H groups in total. The van der Waals surface area contributed by atoms with Gasteiger partial charge in [0.1, 0.15) is 0 Å². The third kappa shape index (κ3) is 2.59. The summed E-state index contributed by atoms with van der Waals surface area (Å²) in [6.45, 7) is 0.879. The van der Waals surface area contributed by atoms with Crippen LogP contribution >= 0.6 is 0 Å². The van der Waals surface area contributed by atoms with E-state index in [2.05, 4.69) is 10.00 Å². The van der Waals surface area contributed by atoms with Gasteiger partial charge in [0.25, 0.3) is 0 Å². The third-order valence-electron chi connectivity index (χ3n) is 4.71. The molecular weight excluding hydrogens is 252 g/mol. The lowest BCUT2D eigenvalue weighted by Gasteiger charge is -2.32. The first-order valence-electron chi connectivity index (χ1n) is 7.70. The van der Waals surface area contributed by atoms with Crippen molar-refractivity contribution in [1.29, 1.82) is 0 Å². The fourth-order valence-corrected chi connectivity index (χ4v) is 3.68. The Balaban J connectivity index is 1.73. The van der Waals surface area contributed by atoms with Crippen molar-refractivity contribution < 1.29 is 4.79 Å². The summed E-state index contributed by atoms with van der Waals surface area (Å²) in [6.07, 6.45) is 10.1. The van der Waals surface area contributed by atoms with E-state index in [0.717, 1.165) is 45.1 Å². The standard InChI is InChI=1S/C15H24N4O/c1-18-10-12(9-17-18)14-6-3-7-19(14)15(20)11-4-2-5-13(16)8-11/h9-11,13-14H,2-8,16H2,1H3. The molecule has 1 aromatic rings. The van der Waals surface area contributed by atoms with Crippen molar-refractivity contribution in [2.24, 2.45) is 18.7 Å². The molecule has 1 saturated heterocycles. The molecule has 0 aromatic carbocycles. The van der Waals surface area contributed by atoms with Crippen LogP contribution in [0.3, 0.4) is 0 Å². The number of hydrogen-bond donors (Lipinski definition) is 1. The molecule has 0 bridgehead atoms. The number of likely N-dealkylation sites (tertiary alicyclic amines) is 1. The average Bonchev–Trinajstić information content (AvgIpc) is 3.06. The molecule has 2 fully saturated rings. The summed E-state index contributed by atoms with van der Waals surface area (Å²) in [6, 6.07) is 0.423. The third-order valence-corrected chi connectivity index (χ3v) is 4.71. The van der Waals surface area contributed by atoms with Gasteiger partial charge in [0, 0.05) is 37.3 Å². The Morgan fingerprint density at radius 2 is 2.20 bits per heavy atom. The predicted octanol–water partition coefficient (Wildman–Crippen LogP) is 1.60.